The quantitative estimate of drug-likeness (QED) is 0.742. The monoisotopic (exact) mass is 350 g/mol. The molecule has 2 N–H and O–H groups in total. The maximum atomic E-state index is 6.32. The summed E-state index contributed by atoms with van der Waals surface area (Å²) >= 11 is 0. The van der Waals surface area contributed by atoms with Crippen molar-refractivity contribution >= 4 is 5.96 Å². The molecule has 0 fully saturated rings. The van der Waals surface area contributed by atoms with Crippen LogP contribution in [-0.4, -0.2) is 28.6 Å². The smallest absolute Gasteiger partial charge is 0.242 e. The molecule has 0 aromatic heterocycles. The molecule has 2 aromatic carbocycles. The van der Waals surface area contributed by atoms with Gasteiger partial charge in [0.25, 0.3) is 0 Å². The molecule has 5 nitrogen and oxygen atoms in total. The van der Waals surface area contributed by atoms with Crippen LogP contribution >= 0.6 is 0 Å². The molecule has 1 aliphatic heterocycles. The zero-order valence-corrected chi connectivity index (χ0v) is 15.9. The Kier molecular flexibility index (Phi) is 3.82. The number of hydrogen-bond donors (Lipinski definition) is 1. The Labute approximate surface area is 155 Å². The fraction of sp³-hybridized carbons (Fsp3) is 0.381. The molecule has 2 aliphatic rings. The third-order valence-electron chi connectivity index (χ3n) is 5.42. The highest BCUT2D eigenvalue weighted by Crippen LogP contribution is 2.45. The summed E-state index contributed by atoms with van der Waals surface area (Å²) < 4.78 is 0. The summed E-state index contributed by atoms with van der Waals surface area (Å²) in [5, 5.41) is 1.32. The second-order valence-electron chi connectivity index (χ2n) is 8.02. The minimum absolute atomic E-state index is 0.130. The number of benzene rings is 2. The molecule has 0 saturated heterocycles. The van der Waals surface area contributed by atoms with Gasteiger partial charge in [-0.2, -0.15) is 0 Å². The Morgan fingerprint density at radius 2 is 1.50 bits per heavy atom. The number of fused-ring (bicyclic) bond motifs is 4. The van der Waals surface area contributed by atoms with Crippen molar-refractivity contribution in [2.45, 2.75) is 44.9 Å². The van der Waals surface area contributed by atoms with Crippen LogP contribution in [0.25, 0.3) is 0 Å². The maximum absolute atomic E-state index is 6.32. The molecule has 0 bridgehead atoms. The summed E-state index contributed by atoms with van der Waals surface area (Å²) in [4.78, 5) is 13.5. The van der Waals surface area contributed by atoms with Gasteiger partial charge in [-0.3, -0.25) is 0 Å². The van der Waals surface area contributed by atoms with Crippen LogP contribution in [0.3, 0.4) is 0 Å². The molecule has 1 heterocycles. The van der Waals surface area contributed by atoms with Gasteiger partial charge in [-0.25, -0.2) is 15.7 Å². The van der Waals surface area contributed by atoms with Crippen LogP contribution in [0.15, 0.2) is 53.5 Å². The first-order valence-electron chi connectivity index (χ1n) is 9.07. The zero-order valence-electron chi connectivity index (χ0n) is 15.9. The number of hydroxylamine groups is 1. The van der Waals surface area contributed by atoms with Crippen LogP contribution in [0.5, 0.6) is 0 Å². The lowest BCUT2D eigenvalue weighted by Gasteiger charge is -2.34. The van der Waals surface area contributed by atoms with E-state index in [0.29, 0.717) is 5.96 Å². The molecule has 5 heteroatoms. The lowest BCUT2D eigenvalue weighted by Crippen LogP contribution is -2.51. The van der Waals surface area contributed by atoms with Crippen molar-refractivity contribution in [2.24, 2.45) is 10.8 Å². The predicted octanol–water partition coefficient (Wildman–Crippen LogP) is 3.19. The van der Waals surface area contributed by atoms with E-state index in [4.69, 9.17) is 15.7 Å². The van der Waals surface area contributed by atoms with Gasteiger partial charge in [-0.1, -0.05) is 48.5 Å². The molecule has 1 aliphatic carbocycles. The van der Waals surface area contributed by atoms with Crippen molar-refractivity contribution in [1.29, 1.82) is 0 Å². The predicted molar refractivity (Wildman–Crippen MR) is 103 cm³/mol. The van der Waals surface area contributed by atoms with E-state index >= 15 is 0 Å². The van der Waals surface area contributed by atoms with Gasteiger partial charge >= 0.3 is 0 Å². The molecule has 0 atom stereocenters. The van der Waals surface area contributed by atoms with Crippen molar-refractivity contribution in [3.8, 4) is 0 Å². The minimum Gasteiger partial charge on any atom is -0.338 e. The highest BCUT2D eigenvalue weighted by atomic mass is 16.7. The van der Waals surface area contributed by atoms with Crippen molar-refractivity contribution in [1.82, 2.24) is 10.1 Å². The highest BCUT2D eigenvalue weighted by molar-refractivity contribution is 5.81. The van der Waals surface area contributed by atoms with Gasteiger partial charge < -0.3 is 4.90 Å². The Bertz CT molecular complexity index is 821. The van der Waals surface area contributed by atoms with Gasteiger partial charge in [0.05, 0.1) is 0 Å². The van der Waals surface area contributed by atoms with Gasteiger partial charge in [-0.05, 0) is 44.7 Å². The van der Waals surface area contributed by atoms with E-state index in [1.165, 1.54) is 16.3 Å². The average molecular weight is 350 g/mol. The van der Waals surface area contributed by atoms with Crippen molar-refractivity contribution in [3.05, 3.63) is 70.8 Å². The molecule has 0 radical (unpaired) electrons. The average Bonchev–Trinajstić information content (AvgIpc) is 2.90. The second-order valence-corrected chi connectivity index (χ2v) is 8.02. The lowest BCUT2D eigenvalue weighted by atomic mass is 9.91. The Morgan fingerprint density at radius 1 is 1.00 bits per heavy atom. The summed E-state index contributed by atoms with van der Waals surface area (Å²) in [5.74, 6) is 6.91. The normalized spacial score (nSPS) is 18.2. The van der Waals surface area contributed by atoms with Crippen molar-refractivity contribution < 1.29 is 4.84 Å². The highest BCUT2D eigenvalue weighted by Gasteiger charge is 2.49. The Balaban J connectivity index is 1.97. The van der Waals surface area contributed by atoms with Gasteiger partial charge in [0.2, 0.25) is 11.7 Å². The molecular weight excluding hydrogens is 324 g/mol. The van der Waals surface area contributed by atoms with E-state index in [2.05, 4.69) is 62.1 Å². The SMILES string of the molecule is CN(C1=NC2(ON1N)c1ccccc1CCc1ccccc12)C(C)(C)C. The number of hydrazine groups is 1. The lowest BCUT2D eigenvalue weighted by molar-refractivity contribution is -0.173. The molecular formula is C21H26N4O. The minimum atomic E-state index is -0.937. The van der Waals surface area contributed by atoms with Crippen molar-refractivity contribution in [3.63, 3.8) is 0 Å². The molecule has 0 saturated carbocycles. The van der Waals surface area contributed by atoms with Gasteiger partial charge in [0.15, 0.2) is 0 Å². The summed E-state index contributed by atoms with van der Waals surface area (Å²) in [6, 6.07) is 16.8. The standard InChI is InChI=1S/C21H26N4O/c1-20(2,3)24(4)19-23-21(26-25(19)22)17-11-7-5-9-15(17)13-14-16-10-6-8-12-18(16)21/h5-12H,13-14,22H2,1-4H3. The summed E-state index contributed by atoms with van der Waals surface area (Å²) in [6.07, 6.45) is 1.92. The topological polar surface area (TPSA) is 54.1 Å². The van der Waals surface area contributed by atoms with E-state index in [1.54, 1.807) is 0 Å². The summed E-state index contributed by atoms with van der Waals surface area (Å²) in [5.41, 5.74) is 3.57. The van der Waals surface area contributed by atoms with Crippen LogP contribution in [-0.2, 0) is 23.4 Å². The first-order chi connectivity index (χ1) is 12.3. The number of hydrogen-bond acceptors (Lipinski definition) is 5. The number of guanidine groups is 1. The third-order valence-corrected chi connectivity index (χ3v) is 5.42. The van der Waals surface area contributed by atoms with E-state index in [0.717, 1.165) is 24.0 Å². The largest absolute Gasteiger partial charge is 0.338 e. The van der Waals surface area contributed by atoms with E-state index < -0.39 is 5.72 Å². The van der Waals surface area contributed by atoms with Crippen LogP contribution < -0.4 is 5.84 Å². The molecule has 0 amide bonds. The number of aliphatic imine (C=N–C) groups is 1. The molecule has 1 spiro atoms. The van der Waals surface area contributed by atoms with Gasteiger partial charge in [-0.15, -0.1) is 5.17 Å². The first-order valence-corrected chi connectivity index (χ1v) is 9.07. The second kappa shape index (κ2) is 5.83. The third kappa shape index (κ3) is 2.50. The van der Waals surface area contributed by atoms with E-state index in [1.807, 2.05) is 19.2 Å². The molecule has 2 aromatic rings. The van der Waals surface area contributed by atoms with Crippen LogP contribution in [0.1, 0.15) is 43.0 Å². The first kappa shape index (κ1) is 17.1. The van der Waals surface area contributed by atoms with E-state index in [-0.39, 0.29) is 5.54 Å². The van der Waals surface area contributed by atoms with E-state index in [9.17, 15) is 0 Å². The number of nitrogens with two attached hydrogens (primary N) is 1. The summed E-state index contributed by atoms with van der Waals surface area (Å²) in [7, 11) is 2.00. The number of nitrogens with zero attached hydrogens (tertiary/aromatic N) is 3. The van der Waals surface area contributed by atoms with Crippen LogP contribution in [0, 0.1) is 0 Å². The molecule has 4 rings (SSSR count). The van der Waals surface area contributed by atoms with Crippen molar-refractivity contribution in [2.75, 3.05) is 7.05 Å². The van der Waals surface area contributed by atoms with Gasteiger partial charge in [0.1, 0.15) is 0 Å². The number of aryl methyl sites for hydroxylation is 2. The fourth-order valence-electron chi connectivity index (χ4n) is 3.69. The Hall–Kier alpha value is -2.37. The van der Waals surface area contributed by atoms with Crippen LogP contribution in [0.4, 0.5) is 0 Å². The van der Waals surface area contributed by atoms with Crippen LogP contribution in [0.2, 0.25) is 0 Å². The fourth-order valence-corrected chi connectivity index (χ4v) is 3.69. The molecule has 26 heavy (non-hydrogen) atoms. The number of rotatable bonds is 0. The maximum Gasteiger partial charge on any atom is 0.242 e. The zero-order chi connectivity index (χ0) is 18.5. The molecule has 136 valence electrons. The van der Waals surface area contributed by atoms with Gasteiger partial charge in [0, 0.05) is 23.7 Å². The Morgan fingerprint density at radius 3 is 2.00 bits per heavy atom. The summed E-state index contributed by atoms with van der Waals surface area (Å²) in [6.45, 7) is 6.38. The molecule has 0 unspecified atom stereocenters.